The Morgan fingerprint density at radius 2 is 2.12 bits per heavy atom. The van der Waals surface area contributed by atoms with Gasteiger partial charge in [0.05, 0.1) is 5.69 Å². The first-order valence-corrected chi connectivity index (χ1v) is 7.02. The van der Waals surface area contributed by atoms with Gasteiger partial charge in [-0.15, -0.1) is 0 Å². The molecule has 0 saturated heterocycles. The minimum Gasteiger partial charge on any atom is -0.382 e. The second-order valence-electron chi connectivity index (χ2n) is 4.17. The molecule has 0 spiro atoms. The van der Waals surface area contributed by atoms with Crippen LogP contribution in [0.15, 0.2) is 22.7 Å². The summed E-state index contributed by atoms with van der Waals surface area (Å²) in [4.78, 5) is 0. The molecule has 0 saturated carbocycles. The van der Waals surface area contributed by atoms with Crippen molar-refractivity contribution in [3.05, 3.63) is 27.7 Å². The van der Waals surface area contributed by atoms with Crippen LogP contribution >= 0.6 is 27.5 Å². The monoisotopic (exact) mass is 303 g/mol. The van der Waals surface area contributed by atoms with Crippen molar-refractivity contribution in [1.82, 2.24) is 0 Å². The SMILES string of the molecule is CCCCCC(C)Nc1cc(Cl)ccc1Br. The van der Waals surface area contributed by atoms with Crippen molar-refractivity contribution in [2.24, 2.45) is 0 Å². The lowest BCUT2D eigenvalue weighted by Crippen LogP contribution is -2.15. The van der Waals surface area contributed by atoms with Gasteiger partial charge in [-0.05, 0) is 47.5 Å². The van der Waals surface area contributed by atoms with Crippen LogP contribution in [0.4, 0.5) is 5.69 Å². The highest BCUT2D eigenvalue weighted by molar-refractivity contribution is 9.10. The molecule has 1 atom stereocenters. The number of benzene rings is 1. The van der Waals surface area contributed by atoms with Crippen molar-refractivity contribution in [1.29, 1.82) is 0 Å². The summed E-state index contributed by atoms with van der Waals surface area (Å²) in [6, 6.07) is 6.31. The smallest absolute Gasteiger partial charge is 0.0501 e. The van der Waals surface area contributed by atoms with E-state index in [9.17, 15) is 0 Å². The quantitative estimate of drug-likeness (QED) is 0.686. The highest BCUT2D eigenvalue weighted by Gasteiger charge is 2.05. The van der Waals surface area contributed by atoms with Gasteiger partial charge in [-0.1, -0.05) is 37.8 Å². The summed E-state index contributed by atoms with van der Waals surface area (Å²) in [5.74, 6) is 0. The lowest BCUT2D eigenvalue weighted by atomic mass is 10.1. The van der Waals surface area contributed by atoms with Gasteiger partial charge in [-0.25, -0.2) is 0 Å². The van der Waals surface area contributed by atoms with E-state index in [1.54, 1.807) is 0 Å². The van der Waals surface area contributed by atoms with E-state index in [2.05, 4.69) is 35.1 Å². The van der Waals surface area contributed by atoms with Gasteiger partial charge in [0.2, 0.25) is 0 Å². The molecule has 0 aliphatic rings. The van der Waals surface area contributed by atoms with E-state index in [1.165, 1.54) is 25.7 Å². The Labute approximate surface area is 112 Å². The largest absolute Gasteiger partial charge is 0.382 e. The molecule has 0 radical (unpaired) electrons. The molecule has 0 aliphatic heterocycles. The average molecular weight is 305 g/mol. The number of hydrogen-bond acceptors (Lipinski definition) is 1. The van der Waals surface area contributed by atoms with Gasteiger partial charge in [0.1, 0.15) is 0 Å². The Balaban J connectivity index is 2.48. The molecule has 1 rings (SSSR count). The van der Waals surface area contributed by atoms with Crippen molar-refractivity contribution in [2.45, 2.75) is 45.6 Å². The molecule has 0 bridgehead atoms. The van der Waals surface area contributed by atoms with E-state index >= 15 is 0 Å². The van der Waals surface area contributed by atoms with Crippen molar-refractivity contribution < 1.29 is 0 Å². The predicted octanol–water partition coefficient (Wildman–Crippen LogP) is 5.48. The Bertz CT molecular complexity index is 328. The van der Waals surface area contributed by atoms with Crippen LogP contribution in [0.3, 0.4) is 0 Å². The van der Waals surface area contributed by atoms with Gasteiger partial charge in [-0.3, -0.25) is 0 Å². The second-order valence-corrected chi connectivity index (χ2v) is 5.46. The fraction of sp³-hybridized carbons (Fsp3) is 0.538. The second kappa shape index (κ2) is 7.18. The van der Waals surface area contributed by atoms with Crippen LogP contribution in [0.25, 0.3) is 0 Å². The van der Waals surface area contributed by atoms with Gasteiger partial charge < -0.3 is 5.32 Å². The fourth-order valence-electron chi connectivity index (χ4n) is 1.65. The number of halogens is 2. The Kier molecular flexibility index (Phi) is 6.22. The third-order valence-electron chi connectivity index (χ3n) is 2.57. The molecule has 1 nitrogen and oxygen atoms in total. The summed E-state index contributed by atoms with van der Waals surface area (Å²) >= 11 is 9.49. The number of anilines is 1. The first-order valence-electron chi connectivity index (χ1n) is 5.85. The summed E-state index contributed by atoms with van der Waals surface area (Å²) in [7, 11) is 0. The molecule has 90 valence electrons. The van der Waals surface area contributed by atoms with Crippen LogP contribution in [-0.4, -0.2) is 6.04 Å². The van der Waals surface area contributed by atoms with Gasteiger partial charge in [-0.2, -0.15) is 0 Å². The van der Waals surface area contributed by atoms with E-state index in [1.807, 2.05) is 18.2 Å². The van der Waals surface area contributed by atoms with E-state index in [0.29, 0.717) is 6.04 Å². The molecule has 1 N–H and O–H groups in total. The normalized spacial score (nSPS) is 12.5. The van der Waals surface area contributed by atoms with Gasteiger partial charge >= 0.3 is 0 Å². The molecular weight excluding hydrogens is 286 g/mol. The predicted molar refractivity (Wildman–Crippen MR) is 76.4 cm³/mol. The first-order chi connectivity index (χ1) is 7.63. The molecule has 0 heterocycles. The maximum absolute atomic E-state index is 5.97. The highest BCUT2D eigenvalue weighted by atomic mass is 79.9. The molecule has 0 aliphatic carbocycles. The molecule has 1 unspecified atom stereocenters. The van der Waals surface area contributed by atoms with Crippen LogP contribution in [0, 0.1) is 0 Å². The van der Waals surface area contributed by atoms with Crippen LogP contribution < -0.4 is 5.32 Å². The lowest BCUT2D eigenvalue weighted by molar-refractivity contribution is 0.615. The zero-order valence-electron chi connectivity index (χ0n) is 9.89. The molecule has 1 aromatic rings. The molecule has 3 heteroatoms. The number of nitrogens with one attached hydrogen (secondary N) is 1. The van der Waals surface area contributed by atoms with Gasteiger partial charge in [0.15, 0.2) is 0 Å². The van der Waals surface area contributed by atoms with Crippen molar-refractivity contribution >= 4 is 33.2 Å². The Hall–Kier alpha value is -0.210. The van der Waals surface area contributed by atoms with Crippen LogP contribution in [-0.2, 0) is 0 Å². The molecule has 0 fully saturated rings. The summed E-state index contributed by atoms with van der Waals surface area (Å²) in [5.41, 5.74) is 1.08. The van der Waals surface area contributed by atoms with Crippen LogP contribution in [0.5, 0.6) is 0 Å². The van der Waals surface area contributed by atoms with E-state index < -0.39 is 0 Å². The van der Waals surface area contributed by atoms with Crippen molar-refractivity contribution in [3.63, 3.8) is 0 Å². The minimum atomic E-state index is 0.487. The molecule has 0 amide bonds. The number of rotatable bonds is 6. The van der Waals surface area contributed by atoms with E-state index in [4.69, 9.17) is 11.6 Å². The molecule has 1 aromatic carbocycles. The van der Waals surface area contributed by atoms with Gasteiger partial charge in [0, 0.05) is 15.5 Å². The lowest BCUT2D eigenvalue weighted by Gasteiger charge is -2.16. The molecule has 0 aromatic heterocycles. The van der Waals surface area contributed by atoms with Crippen LogP contribution in [0.2, 0.25) is 5.02 Å². The standard InChI is InChI=1S/C13H19BrClN/c1-3-4-5-6-10(2)16-13-9-11(15)7-8-12(13)14/h7-10,16H,3-6H2,1-2H3. The highest BCUT2D eigenvalue weighted by Crippen LogP contribution is 2.26. The van der Waals surface area contributed by atoms with Crippen molar-refractivity contribution in [3.8, 4) is 0 Å². The summed E-state index contributed by atoms with van der Waals surface area (Å²) in [6.07, 6.45) is 5.06. The van der Waals surface area contributed by atoms with Crippen molar-refractivity contribution in [2.75, 3.05) is 5.32 Å². The summed E-state index contributed by atoms with van der Waals surface area (Å²) in [5, 5.41) is 4.25. The molecular formula is C13H19BrClN. The third-order valence-corrected chi connectivity index (χ3v) is 3.50. The third kappa shape index (κ3) is 4.75. The molecule has 16 heavy (non-hydrogen) atoms. The van der Waals surface area contributed by atoms with Gasteiger partial charge in [0.25, 0.3) is 0 Å². The zero-order chi connectivity index (χ0) is 12.0. The zero-order valence-corrected chi connectivity index (χ0v) is 12.2. The Morgan fingerprint density at radius 3 is 2.81 bits per heavy atom. The van der Waals surface area contributed by atoms with E-state index in [0.717, 1.165) is 15.2 Å². The van der Waals surface area contributed by atoms with Crippen LogP contribution in [0.1, 0.15) is 39.5 Å². The fourth-order valence-corrected chi connectivity index (χ4v) is 2.18. The summed E-state index contributed by atoms with van der Waals surface area (Å²) < 4.78 is 1.07. The maximum Gasteiger partial charge on any atom is 0.0501 e. The summed E-state index contributed by atoms with van der Waals surface area (Å²) in [6.45, 7) is 4.44. The van der Waals surface area contributed by atoms with E-state index in [-0.39, 0.29) is 0 Å². The number of hydrogen-bond donors (Lipinski definition) is 1. The number of unbranched alkanes of at least 4 members (excludes halogenated alkanes) is 2. The topological polar surface area (TPSA) is 12.0 Å². The Morgan fingerprint density at radius 1 is 1.38 bits per heavy atom. The average Bonchev–Trinajstić information content (AvgIpc) is 2.24. The first kappa shape index (κ1) is 13.9. The maximum atomic E-state index is 5.97. The minimum absolute atomic E-state index is 0.487.